The van der Waals surface area contributed by atoms with E-state index in [1.165, 1.54) is 12.1 Å². The lowest BCUT2D eigenvalue weighted by Crippen LogP contribution is -2.75. The van der Waals surface area contributed by atoms with E-state index in [9.17, 15) is 27.2 Å². The molecule has 1 heterocycles. The van der Waals surface area contributed by atoms with E-state index in [4.69, 9.17) is 16.3 Å². The number of hydrogen-bond donors (Lipinski definition) is 1. The zero-order chi connectivity index (χ0) is 21.7. The summed E-state index contributed by atoms with van der Waals surface area (Å²) in [6.07, 6.45) is -2.85. The van der Waals surface area contributed by atoms with Crippen LogP contribution in [-0.4, -0.2) is 29.0 Å². The van der Waals surface area contributed by atoms with Crippen molar-refractivity contribution in [2.45, 2.75) is 37.4 Å². The van der Waals surface area contributed by atoms with E-state index in [1.54, 1.807) is 0 Å². The van der Waals surface area contributed by atoms with Crippen LogP contribution in [0.3, 0.4) is 0 Å². The zero-order valence-electron chi connectivity index (χ0n) is 15.3. The Morgan fingerprint density at radius 3 is 2.53 bits per heavy atom. The Labute approximate surface area is 172 Å². The van der Waals surface area contributed by atoms with Gasteiger partial charge in [0.25, 0.3) is 5.91 Å². The molecule has 3 aliphatic rings. The summed E-state index contributed by atoms with van der Waals surface area (Å²) in [5, 5.41) is 5.48. The van der Waals surface area contributed by atoms with Gasteiger partial charge >= 0.3 is 6.18 Å². The molecule has 3 aliphatic carbocycles. The third-order valence-corrected chi connectivity index (χ3v) is 5.71. The molecule has 0 radical (unpaired) electrons. The van der Waals surface area contributed by atoms with Gasteiger partial charge in [-0.15, -0.1) is 0 Å². The van der Waals surface area contributed by atoms with E-state index in [2.05, 4.69) is 15.0 Å². The summed E-state index contributed by atoms with van der Waals surface area (Å²) in [6, 6.07) is 4.43. The van der Waals surface area contributed by atoms with Crippen LogP contribution in [-0.2, 0) is 11.0 Å². The highest BCUT2D eigenvalue weighted by atomic mass is 35.5. The molecule has 0 atom stereocenters. The van der Waals surface area contributed by atoms with Crippen molar-refractivity contribution in [3.8, 4) is 5.75 Å². The number of carbonyl (C=O) groups is 2. The molecule has 2 aromatic rings. The predicted octanol–water partition coefficient (Wildman–Crippen LogP) is 4.18. The van der Waals surface area contributed by atoms with Crippen LogP contribution in [0.1, 0.15) is 41.9 Å². The van der Waals surface area contributed by atoms with Crippen LogP contribution in [0, 0.1) is 11.2 Å². The van der Waals surface area contributed by atoms with Crippen molar-refractivity contribution in [1.82, 2.24) is 10.5 Å². The molecule has 1 N–H and O–H groups in total. The van der Waals surface area contributed by atoms with Gasteiger partial charge in [-0.1, -0.05) is 16.8 Å². The molecule has 0 unspecified atom stereocenters. The van der Waals surface area contributed by atoms with E-state index in [1.807, 2.05) is 0 Å². The Hall–Kier alpha value is -2.62. The van der Waals surface area contributed by atoms with Crippen LogP contribution in [0.4, 0.5) is 17.6 Å². The van der Waals surface area contributed by atoms with Gasteiger partial charge in [-0.05, 0) is 36.8 Å². The number of nitrogens with one attached hydrogen (secondary N) is 1. The smallest absolute Gasteiger partial charge is 0.436 e. The summed E-state index contributed by atoms with van der Waals surface area (Å²) in [4.78, 5) is 24.3. The number of Topliss-reactive ketones (excluding diaryl/α,β-unsaturated/α-hetero) is 1. The largest absolute Gasteiger partial charge is 0.486 e. The minimum absolute atomic E-state index is 0.0464. The number of nitrogens with zero attached hydrogens (tertiary/aromatic N) is 1. The van der Waals surface area contributed by atoms with Crippen LogP contribution in [0.25, 0.3) is 0 Å². The number of benzene rings is 1. The molecule has 6 nitrogen and oxygen atoms in total. The van der Waals surface area contributed by atoms with Crippen LogP contribution in [0.15, 0.2) is 28.8 Å². The van der Waals surface area contributed by atoms with Crippen LogP contribution < -0.4 is 10.1 Å². The maximum atomic E-state index is 13.4. The second-order valence-electron chi connectivity index (χ2n) is 7.92. The minimum Gasteiger partial charge on any atom is -0.486 e. The number of alkyl halides is 3. The van der Waals surface area contributed by atoms with Crippen LogP contribution >= 0.6 is 11.6 Å². The second-order valence-corrected chi connectivity index (χ2v) is 8.33. The molecule has 1 aromatic heterocycles. The number of ketones is 1. The topological polar surface area (TPSA) is 81.4 Å². The average Bonchev–Trinajstić information content (AvgIpc) is 3.10. The summed E-state index contributed by atoms with van der Waals surface area (Å²) >= 11 is 5.58. The molecule has 5 rings (SSSR count). The van der Waals surface area contributed by atoms with Gasteiger partial charge in [0.15, 0.2) is 11.5 Å². The first-order valence-corrected chi connectivity index (χ1v) is 9.33. The molecule has 160 valence electrons. The van der Waals surface area contributed by atoms with Gasteiger partial charge in [-0.2, -0.15) is 13.2 Å². The fourth-order valence-electron chi connectivity index (χ4n) is 4.34. The highest BCUT2D eigenvalue weighted by Gasteiger charge is 2.68. The fraction of sp³-hybridized carbons (Fsp3) is 0.421. The van der Waals surface area contributed by atoms with Gasteiger partial charge in [0.2, 0.25) is 5.76 Å². The number of ether oxygens (including phenoxy) is 1. The average molecular weight is 447 g/mol. The summed E-state index contributed by atoms with van der Waals surface area (Å²) in [6.45, 7) is -0.222. The number of carbonyl (C=O) groups excluding carboxylic acids is 2. The van der Waals surface area contributed by atoms with E-state index < -0.39 is 34.9 Å². The lowest BCUT2D eigenvalue weighted by molar-refractivity contribution is -0.163. The molecular weight excluding hydrogens is 432 g/mol. The van der Waals surface area contributed by atoms with Gasteiger partial charge in [0.05, 0.1) is 5.02 Å². The maximum Gasteiger partial charge on any atom is 0.436 e. The monoisotopic (exact) mass is 446 g/mol. The SMILES string of the molecule is O=C(COc1ccc(Cl)c(F)c1)CC12CC(NC(=O)c3cc(C(F)(F)F)no3)(C1)C2. The molecule has 30 heavy (non-hydrogen) atoms. The third-order valence-electron chi connectivity index (χ3n) is 5.41. The number of aromatic nitrogens is 1. The van der Waals surface area contributed by atoms with E-state index in [-0.39, 0.29) is 35.0 Å². The predicted molar refractivity (Wildman–Crippen MR) is 94.5 cm³/mol. The standard InChI is InChI=1S/C19H15ClF4N2O4/c20-12-2-1-11(3-13(12)21)29-6-10(27)5-17-7-18(8-17,9-17)25-16(28)14-4-15(26-30-14)19(22,23)24/h1-4H,5-9H2,(H,25,28). The summed E-state index contributed by atoms with van der Waals surface area (Å²) in [7, 11) is 0. The number of amides is 1. The highest BCUT2D eigenvalue weighted by Crippen LogP contribution is 2.69. The van der Waals surface area contributed by atoms with Gasteiger partial charge in [-0.3, -0.25) is 9.59 Å². The summed E-state index contributed by atoms with van der Waals surface area (Å²) < 4.78 is 60.8. The maximum absolute atomic E-state index is 13.4. The van der Waals surface area contributed by atoms with Crippen molar-refractivity contribution in [2.24, 2.45) is 5.41 Å². The Morgan fingerprint density at radius 2 is 1.93 bits per heavy atom. The summed E-state index contributed by atoms with van der Waals surface area (Å²) in [5.41, 5.74) is -2.06. The Balaban J connectivity index is 1.24. The molecule has 0 aliphatic heterocycles. The molecule has 0 saturated heterocycles. The van der Waals surface area contributed by atoms with Gasteiger partial charge in [-0.25, -0.2) is 4.39 Å². The van der Waals surface area contributed by atoms with Crippen molar-refractivity contribution in [1.29, 1.82) is 0 Å². The molecule has 3 saturated carbocycles. The molecule has 2 bridgehead atoms. The Bertz CT molecular complexity index is 1000. The van der Waals surface area contributed by atoms with Gasteiger partial charge in [0, 0.05) is 24.1 Å². The van der Waals surface area contributed by atoms with Crippen molar-refractivity contribution in [3.63, 3.8) is 0 Å². The number of rotatable bonds is 7. The summed E-state index contributed by atoms with van der Waals surface area (Å²) in [5.74, 6) is -1.91. The molecular formula is C19H15ClF4N2O4. The highest BCUT2D eigenvalue weighted by molar-refractivity contribution is 6.30. The van der Waals surface area contributed by atoms with Crippen LogP contribution in [0.2, 0.25) is 5.02 Å². The fourth-order valence-corrected chi connectivity index (χ4v) is 4.45. The molecule has 3 fully saturated rings. The van der Waals surface area contributed by atoms with E-state index in [0.29, 0.717) is 25.3 Å². The van der Waals surface area contributed by atoms with Gasteiger partial charge in [0.1, 0.15) is 18.2 Å². The van der Waals surface area contributed by atoms with Crippen molar-refractivity contribution in [3.05, 3.63) is 46.6 Å². The second kappa shape index (κ2) is 6.97. The molecule has 0 spiro atoms. The first kappa shape index (κ1) is 20.6. The van der Waals surface area contributed by atoms with Gasteiger partial charge < -0.3 is 14.6 Å². The first-order chi connectivity index (χ1) is 14.0. The first-order valence-electron chi connectivity index (χ1n) is 8.95. The van der Waals surface area contributed by atoms with Crippen molar-refractivity contribution < 1.29 is 36.4 Å². The minimum atomic E-state index is -4.69. The van der Waals surface area contributed by atoms with E-state index >= 15 is 0 Å². The van der Waals surface area contributed by atoms with Crippen LogP contribution in [0.5, 0.6) is 5.75 Å². The Kier molecular flexibility index (Phi) is 4.80. The normalized spacial score (nSPS) is 24.6. The number of hydrogen-bond acceptors (Lipinski definition) is 5. The lowest BCUT2D eigenvalue weighted by Gasteiger charge is -2.70. The third kappa shape index (κ3) is 3.88. The molecule has 1 aromatic carbocycles. The lowest BCUT2D eigenvalue weighted by atomic mass is 9.38. The quantitative estimate of drug-likeness (QED) is 0.645. The van der Waals surface area contributed by atoms with E-state index in [0.717, 1.165) is 6.07 Å². The van der Waals surface area contributed by atoms with Crippen molar-refractivity contribution in [2.75, 3.05) is 6.61 Å². The molecule has 11 heteroatoms. The van der Waals surface area contributed by atoms with Crippen molar-refractivity contribution >= 4 is 23.3 Å². The molecule has 1 amide bonds. The Morgan fingerprint density at radius 1 is 1.23 bits per heavy atom. The number of halogens is 5. The zero-order valence-corrected chi connectivity index (χ0v) is 16.1.